The minimum atomic E-state index is -0.844. The number of hydrogen-bond acceptors (Lipinski definition) is 5. The SMILES string of the molecule is CCCC/C=C\C/C=C\CCCCCCCC(=O)OCCCCCCCCCCC/C=C\C/C=C\CCCCCCCCCCCCCCCCCC(=O)NC(CO)C(O)/C=C/CCCCCCCCCCCCC. The van der Waals surface area contributed by atoms with E-state index in [9.17, 15) is 19.8 Å². The monoisotopic (exact) mass is 1050 g/mol. The van der Waals surface area contributed by atoms with E-state index in [1.165, 1.54) is 257 Å². The van der Waals surface area contributed by atoms with Crippen LogP contribution in [0.3, 0.4) is 0 Å². The van der Waals surface area contributed by atoms with E-state index in [-0.39, 0.29) is 18.5 Å². The third kappa shape index (κ3) is 60.6. The quantitative estimate of drug-likeness (QED) is 0.0320. The van der Waals surface area contributed by atoms with E-state index in [0.717, 1.165) is 57.8 Å². The Bertz CT molecular complexity index is 1300. The van der Waals surface area contributed by atoms with Crippen LogP contribution in [0.1, 0.15) is 341 Å². The van der Waals surface area contributed by atoms with Crippen LogP contribution in [-0.4, -0.2) is 47.4 Å². The fourth-order valence-electron chi connectivity index (χ4n) is 9.92. The molecule has 0 spiro atoms. The summed E-state index contributed by atoms with van der Waals surface area (Å²) in [7, 11) is 0. The van der Waals surface area contributed by atoms with E-state index in [0.29, 0.717) is 19.4 Å². The standard InChI is InChI=1S/C69H127NO5/c1-3-5-7-9-11-13-15-17-39-43-47-51-55-59-63-69(74)75-64-60-56-52-48-44-40-36-34-32-30-28-26-24-22-20-18-19-21-23-25-27-29-31-33-35-38-42-46-50-54-58-62-68(73)70-66(65-71)67(72)61-57-53-49-45-41-37-16-14-12-10-8-6-4-2/h9,11,15,17,20,22,26,28,57,61,66-67,71-72H,3-8,10,12-14,16,18-19,21,23-25,27,29-56,58-60,62-65H2,1-2H3,(H,70,73)/b11-9-,17-15-,22-20-,28-26-,61-57+. The predicted molar refractivity (Wildman–Crippen MR) is 328 cm³/mol. The van der Waals surface area contributed by atoms with Gasteiger partial charge < -0.3 is 20.3 Å². The summed E-state index contributed by atoms with van der Waals surface area (Å²) in [5.74, 6) is -0.0697. The summed E-state index contributed by atoms with van der Waals surface area (Å²) in [4.78, 5) is 24.5. The molecule has 0 aromatic carbocycles. The van der Waals surface area contributed by atoms with Crippen LogP contribution in [0.15, 0.2) is 60.8 Å². The number of amides is 1. The van der Waals surface area contributed by atoms with Gasteiger partial charge >= 0.3 is 5.97 Å². The van der Waals surface area contributed by atoms with Gasteiger partial charge in [-0.1, -0.05) is 299 Å². The van der Waals surface area contributed by atoms with Crippen LogP contribution in [0, 0.1) is 0 Å². The summed E-state index contributed by atoms with van der Waals surface area (Å²) in [5.41, 5.74) is 0. The number of carbonyl (C=O) groups excluding carboxylic acids is 2. The van der Waals surface area contributed by atoms with E-state index in [1.54, 1.807) is 6.08 Å². The van der Waals surface area contributed by atoms with Crippen molar-refractivity contribution in [1.82, 2.24) is 5.32 Å². The highest BCUT2D eigenvalue weighted by Crippen LogP contribution is 2.17. The molecule has 0 heterocycles. The molecule has 3 N–H and O–H groups in total. The first-order chi connectivity index (χ1) is 37.0. The third-order valence-corrected chi connectivity index (χ3v) is 15.0. The molecule has 2 atom stereocenters. The fourth-order valence-corrected chi connectivity index (χ4v) is 9.92. The molecule has 0 saturated heterocycles. The molecular weight excluding hydrogens is 923 g/mol. The second-order valence-corrected chi connectivity index (χ2v) is 22.4. The number of ether oxygens (including phenoxy) is 1. The molecular formula is C69H127NO5. The van der Waals surface area contributed by atoms with Gasteiger partial charge in [0.2, 0.25) is 5.91 Å². The minimum Gasteiger partial charge on any atom is -0.466 e. The van der Waals surface area contributed by atoms with Crippen LogP contribution in [0.5, 0.6) is 0 Å². The van der Waals surface area contributed by atoms with E-state index >= 15 is 0 Å². The van der Waals surface area contributed by atoms with Crippen LogP contribution < -0.4 is 5.32 Å². The highest BCUT2D eigenvalue weighted by Gasteiger charge is 2.18. The van der Waals surface area contributed by atoms with Crippen molar-refractivity contribution in [2.45, 2.75) is 353 Å². The van der Waals surface area contributed by atoms with Gasteiger partial charge in [0.15, 0.2) is 0 Å². The largest absolute Gasteiger partial charge is 0.466 e. The lowest BCUT2D eigenvalue weighted by Gasteiger charge is -2.20. The number of rotatable bonds is 61. The molecule has 0 aliphatic carbocycles. The van der Waals surface area contributed by atoms with Crippen molar-refractivity contribution >= 4 is 11.9 Å². The molecule has 2 unspecified atom stereocenters. The van der Waals surface area contributed by atoms with E-state index in [1.807, 2.05) is 6.08 Å². The van der Waals surface area contributed by atoms with Crippen molar-refractivity contribution in [2.24, 2.45) is 0 Å². The van der Waals surface area contributed by atoms with Gasteiger partial charge in [-0.05, 0) is 89.9 Å². The van der Waals surface area contributed by atoms with E-state index < -0.39 is 12.1 Å². The molecule has 75 heavy (non-hydrogen) atoms. The van der Waals surface area contributed by atoms with Crippen molar-refractivity contribution in [2.75, 3.05) is 13.2 Å². The maximum Gasteiger partial charge on any atom is 0.305 e. The smallest absolute Gasteiger partial charge is 0.305 e. The van der Waals surface area contributed by atoms with Crippen molar-refractivity contribution in [3.05, 3.63) is 60.8 Å². The third-order valence-electron chi connectivity index (χ3n) is 15.0. The Morgan fingerprint density at radius 3 is 1.05 bits per heavy atom. The second kappa shape index (κ2) is 64.1. The molecule has 0 saturated carbocycles. The highest BCUT2D eigenvalue weighted by atomic mass is 16.5. The Morgan fingerprint density at radius 2 is 0.680 bits per heavy atom. The van der Waals surface area contributed by atoms with Crippen molar-refractivity contribution in [1.29, 1.82) is 0 Å². The molecule has 0 radical (unpaired) electrons. The van der Waals surface area contributed by atoms with Crippen LogP contribution in [0.4, 0.5) is 0 Å². The number of aliphatic hydroxyl groups is 2. The first kappa shape index (κ1) is 72.6. The molecule has 0 fully saturated rings. The van der Waals surface area contributed by atoms with Crippen LogP contribution >= 0.6 is 0 Å². The number of aliphatic hydroxyl groups excluding tert-OH is 2. The molecule has 6 nitrogen and oxygen atoms in total. The van der Waals surface area contributed by atoms with Gasteiger partial charge in [-0.3, -0.25) is 9.59 Å². The van der Waals surface area contributed by atoms with Crippen molar-refractivity contribution < 1.29 is 24.5 Å². The molecule has 0 bridgehead atoms. The number of carbonyl (C=O) groups is 2. The topological polar surface area (TPSA) is 95.9 Å². The molecule has 0 aliphatic heterocycles. The Hall–Kier alpha value is -2.44. The minimum absolute atomic E-state index is 0.00227. The van der Waals surface area contributed by atoms with Gasteiger partial charge in [0.05, 0.1) is 25.4 Å². The molecule has 1 amide bonds. The zero-order chi connectivity index (χ0) is 54.3. The molecule has 0 aromatic heterocycles. The molecule has 0 aliphatic rings. The number of hydrogen-bond donors (Lipinski definition) is 3. The summed E-state index contributed by atoms with van der Waals surface area (Å²) >= 11 is 0. The van der Waals surface area contributed by atoms with Gasteiger partial charge in [0, 0.05) is 12.8 Å². The second-order valence-electron chi connectivity index (χ2n) is 22.4. The average molecular weight is 1050 g/mol. The van der Waals surface area contributed by atoms with Gasteiger partial charge in [0.1, 0.15) is 0 Å². The Labute approximate surface area is 467 Å². The number of esters is 1. The maximum absolute atomic E-state index is 12.5. The average Bonchev–Trinajstić information content (AvgIpc) is 3.41. The molecule has 0 aromatic rings. The van der Waals surface area contributed by atoms with Crippen LogP contribution in [-0.2, 0) is 14.3 Å². The summed E-state index contributed by atoms with van der Waals surface area (Å²) in [6.45, 7) is 4.86. The van der Waals surface area contributed by atoms with Gasteiger partial charge in [0.25, 0.3) is 0 Å². The summed E-state index contributed by atoms with van der Waals surface area (Å²) in [6, 6.07) is -0.628. The summed E-state index contributed by atoms with van der Waals surface area (Å²) in [6.07, 6.45) is 84.3. The zero-order valence-corrected chi connectivity index (χ0v) is 50.0. The van der Waals surface area contributed by atoms with Gasteiger partial charge in [-0.2, -0.15) is 0 Å². The number of nitrogens with one attached hydrogen (secondary N) is 1. The predicted octanol–water partition coefficient (Wildman–Crippen LogP) is 21.1. The number of allylic oxidation sites excluding steroid dienone is 9. The summed E-state index contributed by atoms with van der Waals surface area (Å²) < 4.78 is 5.47. The zero-order valence-electron chi connectivity index (χ0n) is 50.0. The highest BCUT2D eigenvalue weighted by molar-refractivity contribution is 5.76. The van der Waals surface area contributed by atoms with Crippen molar-refractivity contribution in [3.8, 4) is 0 Å². The van der Waals surface area contributed by atoms with Crippen LogP contribution in [0.2, 0.25) is 0 Å². The van der Waals surface area contributed by atoms with Gasteiger partial charge in [-0.25, -0.2) is 0 Å². The molecule has 438 valence electrons. The van der Waals surface area contributed by atoms with E-state index in [4.69, 9.17) is 4.74 Å². The first-order valence-corrected chi connectivity index (χ1v) is 33.1. The fraction of sp³-hybridized carbons (Fsp3) is 0.826. The number of unbranched alkanes of at least 4 members (excludes halogenated alkanes) is 42. The normalized spacial score (nSPS) is 13.0. The molecule has 0 rings (SSSR count). The lowest BCUT2D eigenvalue weighted by atomic mass is 10.0. The Kier molecular flexibility index (Phi) is 62.0. The first-order valence-electron chi connectivity index (χ1n) is 33.1. The lowest BCUT2D eigenvalue weighted by Crippen LogP contribution is -2.45. The van der Waals surface area contributed by atoms with Gasteiger partial charge in [-0.15, -0.1) is 0 Å². The van der Waals surface area contributed by atoms with Crippen LogP contribution in [0.25, 0.3) is 0 Å². The lowest BCUT2D eigenvalue weighted by molar-refractivity contribution is -0.143. The van der Waals surface area contributed by atoms with Crippen molar-refractivity contribution in [3.63, 3.8) is 0 Å². The maximum atomic E-state index is 12.5. The Balaban J connectivity index is 3.41. The Morgan fingerprint density at radius 1 is 0.373 bits per heavy atom. The summed E-state index contributed by atoms with van der Waals surface area (Å²) in [5, 5.41) is 23.1. The molecule has 6 heteroatoms. The van der Waals surface area contributed by atoms with E-state index in [2.05, 4.69) is 67.8 Å².